The molecule has 12 heteroatoms. The summed E-state index contributed by atoms with van der Waals surface area (Å²) in [5.41, 5.74) is 13.1. The van der Waals surface area contributed by atoms with Crippen LogP contribution in [0, 0.1) is 46.8 Å². The number of aliphatic hydroxyl groups excluding tert-OH is 4. The molecule has 8 rings (SSSR count). The molecule has 3 heterocycles. The predicted molar refractivity (Wildman–Crippen MR) is 235 cm³/mol. The lowest BCUT2D eigenvalue weighted by atomic mass is 9.75. The summed E-state index contributed by atoms with van der Waals surface area (Å²) in [4.78, 5) is 3.36. The molecule has 4 aliphatic carbocycles. The molecule has 10 nitrogen and oxygen atoms in total. The molecule has 0 unspecified atom stereocenters. The molecule has 0 amide bonds. The smallest absolute Gasteiger partial charge is 0.161 e. The van der Waals surface area contributed by atoms with Gasteiger partial charge in [0.1, 0.15) is 11.9 Å². The fraction of sp³-hybridized carbons (Fsp3) is 0.617. The predicted octanol–water partition coefficient (Wildman–Crippen LogP) is 6.11. The van der Waals surface area contributed by atoms with Gasteiger partial charge in [-0.1, -0.05) is 64.5 Å². The van der Waals surface area contributed by atoms with Crippen LogP contribution in [0.15, 0.2) is 65.2 Å². The molecule has 9 N–H and O–H groups in total. The number of dihydropyridines is 1. The Bertz CT molecular complexity index is 1940. The number of aliphatic hydroxyl groups is 4. The largest absolute Gasteiger partial charge is 0.504 e. The molecule has 2 fully saturated rings. The first-order chi connectivity index (χ1) is 28.7. The average molecular weight is 846 g/mol. The molecule has 2 bridgehead atoms. The maximum absolute atomic E-state index is 12.4. The molecule has 59 heavy (non-hydrogen) atoms. The molecule has 2 aliphatic heterocycles. The number of H-pyrrole nitrogens is 1. The number of fused-ring (bicyclic) bond motifs is 8. The summed E-state index contributed by atoms with van der Waals surface area (Å²) < 4.78 is 13.4. The SMILES string of the molecule is CC[C@]12C#C[C@H]3C=C4CCc5cc(O)c(O[C@H]6C[C@@H](Cc7ccc[nH]7)C7=CCNC(N)=C7CSSC[C@H](CO)[C@@H]6O)cc5[C@@H]4C[C@@H](O)[C@@H]3[C@@H](OCCO)[C@H](CCC1)CC2. The quantitative estimate of drug-likeness (QED) is 0.0833. The van der Waals surface area contributed by atoms with Crippen LogP contribution in [0.2, 0.25) is 0 Å². The van der Waals surface area contributed by atoms with Crippen LogP contribution >= 0.6 is 21.6 Å². The maximum atomic E-state index is 12.4. The molecular weight excluding hydrogens is 783 g/mol. The molecule has 0 spiro atoms. The Morgan fingerprint density at radius 1 is 1.08 bits per heavy atom. The molecule has 6 aliphatic rings. The van der Waals surface area contributed by atoms with Gasteiger partial charge in [-0.15, -0.1) is 0 Å². The highest BCUT2D eigenvalue weighted by atomic mass is 33.1. The van der Waals surface area contributed by atoms with Crippen LogP contribution in [0.25, 0.3) is 0 Å². The van der Waals surface area contributed by atoms with E-state index in [-0.39, 0.29) is 66.7 Å². The number of nitrogens with two attached hydrogens (primary N) is 1. The third kappa shape index (κ3) is 9.13. The Balaban J connectivity index is 1.15. The summed E-state index contributed by atoms with van der Waals surface area (Å²) >= 11 is 0. The van der Waals surface area contributed by atoms with Crippen molar-refractivity contribution in [3.63, 3.8) is 0 Å². The van der Waals surface area contributed by atoms with Gasteiger partial charge < -0.3 is 51.0 Å². The van der Waals surface area contributed by atoms with E-state index in [2.05, 4.69) is 47.3 Å². The minimum absolute atomic E-state index is 0.0162. The van der Waals surface area contributed by atoms with E-state index in [0.717, 1.165) is 79.3 Å². The number of nitrogens with one attached hydrogen (secondary N) is 2. The zero-order valence-electron chi connectivity index (χ0n) is 34.3. The van der Waals surface area contributed by atoms with E-state index in [1.165, 1.54) is 5.57 Å². The van der Waals surface area contributed by atoms with Gasteiger partial charge in [-0.2, -0.15) is 0 Å². The van der Waals surface area contributed by atoms with E-state index in [4.69, 9.17) is 15.2 Å². The van der Waals surface area contributed by atoms with Crippen molar-refractivity contribution in [1.29, 1.82) is 0 Å². The summed E-state index contributed by atoms with van der Waals surface area (Å²) in [6.45, 7) is 2.83. The van der Waals surface area contributed by atoms with E-state index in [1.807, 2.05) is 24.4 Å². The first-order valence-corrected chi connectivity index (χ1v) is 24.4. The number of hydrogen-bond acceptors (Lipinski definition) is 11. The second-order valence-electron chi connectivity index (χ2n) is 17.8. The standard InChI is InChI=1S/C47H63N3O7S2/c1-2-47-12-3-5-28(9-13-47)45(56-18-17-51)43-31(10-14-47)19-29-7-8-30-21-39(53)41(24-37(30)36(29)23-40(43)54)57-42-22-32(20-34-6-4-15-49-34)35-11-16-50-46(48)38(35)27-59-58-26-33(25-52)44(42)55/h4,6,11,15,19,21,24,28,31-33,36,40,42-45,49-55H,2-3,5,7-9,12-13,16-18,20,22-23,25-27,48H2,1H3/t28-,31+,32-,33+,36-,40-,42+,43-,44+,45+,47+/m1/s1. The molecule has 0 radical (unpaired) electrons. The van der Waals surface area contributed by atoms with Crippen molar-refractivity contribution < 1.29 is 35.0 Å². The van der Waals surface area contributed by atoms with E-state index < -0.39 is 24.2 Å². The van der Waals surface area contributed by atoms with Crippen molar-refractivity contribution in [2.75, 3.05) is 37.9 Å². The number of aryl methyl sites for hydroxylation is 1. The first-order valence-electron chi connectivity index (χ1n) is 22.0. The Kier molecular flexibility index (Phi) is 13.7. The highest BCUT2D eigenvalue weighted by molar-refractivity contribution is 8.76. The molecule has 1 aromatic heterocycles. The monoisotopic (exact) mass is 845 g/mol. The van der Waals surface area contributed by atoms with Gasteiger partial charge in [0.2, 0.25) is 0 Å². The Hall–Kier alpha value is -3.02. The van der Waals surface area contributed by atoms with E-state index >= 15 is 0 Å². The second-order valence-corrected chi connectivity index (χ2v) is 20.3. The van der Waals surface area contributed by atoms with Crippen LogP contribution in [0.1, 0.15) is 87.4 Å². The van der Waals surface area contributed by atoms with Gasteiger partial charge in [0.25, 0.3) is 0 Å². The van der Waals surface area contributed by atoms with Gasteiger partial charge in [-0.25, -0.2) is 0 Å². The van der Waals surface area contributed by atoms with Gasteiger partial charge in [0.05, 0.1) is 31.5 Å². The topological polar surface area (TPSA) is 173 Å². The summed E-state index contributed by atoms with van der Waals surface area (Å²) in [7, 11) is 3.28. The highest BCUT2D eigenvalue weighted by Crippen LogP contribution is 2.51. The van der Waals surface area contributed by atoms with E-state index in [1.54, 1.807) is 21.6 Å². The van der Waals surface area contributed by atoms with E-state index in [9.17, 15) is 25.5 Å². The van der Waals surface area contributed by atoms with Crippen LogP contribution in [-0.2, 0) is 17.6 Å². The minimum Gasteiger partial charge on any atom is -0.504 e. The van der Waals surface area contributed by atoms with Crippen molar-refractivity contribution in [3.05, 3.63) is 82.0 Å². The zero-order valence-corrected chi connectivity index (χ0v) is 35.9. The summed E-state index contributed by atoms with van der Waals surface area (Å²) in [5, 5.41) is 59.9. The number of aromatic nitrogens is 1. The Morgan fingerprint density at radius 2 is 1.97 bits per heavy atom. The lowest BCUT2D eigenvalue weighted by molar-refractivity contribution is -0.0855. The number of rotatable bonds is 9. The van der Waals surface area contributed by atoms with Crippen LogP contribution in [-0.4, -0.2) is 92.8 Å². The molecule has 320 valence electrons. The Morgan fingerprint density at radius 3 is 2.76 bits per heavy atom. The summed E-state index contributed by atoms with van der Waals surface area (Å²) in [5.74, 6) is 8.92. The lowest BCUT2D eigenvalue weighted by Crippen LogP contribution is -2.43. The number of ether oxygens (including phenoxy) is 2. The number of allylic oxidation sites excluding steroid dienone is 3. The summed E-state index contributed by atoms with van der Waals surface area (Å²) in [6.07, 6.45) is 13.1. The van der Waals surface area contributed by atoms with Crippen molar-refractivity contribution in [2.45, 2.75) is 108 Å². The number of aromatic hydroxyl groups is 1. The minimum atomic E-state index is -1.02. The number of hydrogen-bond donors (Lipinski definition) is 8. The molecular formula is C47H63N3O7S2. The van der Waals surface area contributed by atoms with Crippen LogP contribution < -0.4 is 15.8 Å². The number of phenolic OH excluding ortho intramolecular Hbond substituents is 1. The number of benzene rings is 1. The normalized spacial score (nSPS) is 34.8. The second kappa shape index (κ2) is 18.9. The van der Waals surface area contributed by atoms with Crippen molar-refractivity contribution in [2.24, 2.45) is 40.7 Å². The van der Waals surface area contributed by atoms with Crippen LogP contribution in [0.4, 0.5) is 0 Å². The highest BCUT2D eigenvalue weighted by Gasteiger charge is 2.46. The molecule has 1 aromatic carbocycles. The van der Waals surface area contributed by atoms with Gasteiger partial charge >= 0.3 is 0 Å². The molecule has 11 atom stereocenters. The molecule has 1 saturated carbocycles. The lowest BCUT2D eigenvalue weighted by Gasteiger charge is -2.38. The average Bonchev–Trinajstić information content (AvgIpc) is 3.61. The Labute approximate surface area is 357 Å². The van der Waals surface area contributed by atoms with Gasteiger partial charge in [-0.3, -0.25) is 0 Å². The van der Waals surface area contributed by atoms with E-state index in [0.29, 0.717) is 48.9 Å². The van der Waals surface area contributed by atoms with Crippen LogP contribution in [0.5, 0.6) is 11.5 Å². The number of aromatic amines is 1. The van der Waals surface area contributed by atoms with Crippen molar-refractivity contribution in [3.8, 4) is 23.3 Å². The third-order valence-corrected chi connectivity index (χ3v) is 16.8. The third-order valence-electron chi connectivity index (χ3n) is 14.4. The zero-order chi connectivity index (χ0) is 41.1. The molecule has 1 saturated heterocycles. The van der Waals surface area contributed by atoms with Gasteiger partial charge in [0, 0.05) is 71.2 Å². The van der Waals surface area contributed by atoms with Crippen molar-refractivity contribution >= 4 is 21.6 Å². The van der Waals surface area contributed by atoms with Gasteiger partial charge in [0.15, 0.2) is 11.5 Å². The fourth-order valence-electron chi connectivity index (χ4n) is 11.1. The number of phenols is 1. The van der Waals surface area contributed by atoms with Crippen molar-refractivity contribution in [1.82, 2.24) is 10.3 Å². The first kappa shape index (κ1) is 42.7. The van der Waals surface area contributed by atoms with Gasteiger partial charge in [-0.05, 0) is 117 Å². The van der Waals surface area contributed by atoms with Crippen LogP contribution in [0.3, 0.4) is 0 Å². The molecule has 2 aromatic rings. The maximum Gasteiger partial charge on any atom is 0.161 e. The summed E-state index contributed by atoms with van der Waals surface area (Å²) in [6, 6.07) is 7.81. The fourth-order valence-corrected chi connectivity index (χ4v) is 13.6.